The fourth-order valence-corrected chi connectivity index (χ4v) is 2.61. The van der Waals surface area contributed by atoms with Crippen LogP contribution in [0.1, 0.15) is 46.5 Å². The number of amides is 1. The van der Waals surface area contributed by atoms with Crippen molar-refractivity contribution in [3.05, 3.63) is 0 Å². The van der Waals surface area contributed by atoms with E-state index in [1.165, 1.54) is 11.8 Å². The molecule has 0 aromatic rings. The van der Waals surface area contributed by atoms with Gasteiger partial charge < -0.3 is 15.4 Å². The Labute approximate surface area is 133 Å². The Morgan fingerprint density at radius 3 is 2.19 bits per heavy atom. The van der Waals surface area contributed by atoms with E-state index in [-0.39, 0.29) is 5.91 Å². The predicted molar refractivity (Wildman–Crippen MR) is 88.3 cm³/mol. The third-order valence-corrected chi connectivity index (χ3v) is 4.07. The van der Waals surface area contributed by atoms with Crippen LogP contribution in [-0.4, -0.2) is 54.0 Å². The Balaban J connectivity index is 4.08. The van der Waals surface area contributed by atoms with Gasteiger partial charge in [0, 0.05) is 18.8 Å². The van der Waals surface area contributed by atoms with Gasteiger partial charge in [0.15, 0.2) is 0 Å². The van der Waals surface area contributed by atoms with Crippen LogP contribution in [0.5, 0.6) is 0 Å². The quantitative estimate of drug-likeness (QED) is 0.558. The molecule has 1 atom stereocenters. The number of hydrogen-bond donors (Lipinski definition) is 1. The van der Waals surface area contributed by atoms with Crippen molar-refractivity contribution in [2.75, 3.05) is 31.2 Å². The van der Waals surface area contributed by atoms with E-state index in [1.807, 2.05) is 4.90 Å². The number of esters is 1. The smallest absolute Gasteiger partial charge is 0.323 e. The minimum atomic E-state index is -0.650. The zero-order valence-corrected chi connectivity index (χ0v) is 14.4. The molecule has 0 aliphatic rings. The van der Waals surface area contributed by atoms with Gasteiger partial charge in [-0.2, -0.15) is 0 Å². The Morgan fingerprint density at radius 2 is 1.71 bits per heavy atom. The molecule has 0 bridgehead atoms. The van der Waals surface area contributed by atoms with Crippen molar-refractivity contribution in [2.24, 2.45) is 5.73 Å². The van der Waals surface area contributed by atoms with Crippen LogP contribution in [0.15, 0.2) is 0 Å². The first-order valence-electron chi connectivity index (χ1n) is 7.84. The second-order valence-corrected chi connectivity index (χ2v) is 5.99. The second-order valence-electron chi connectivity index (χ2n) is 4.96. The average Bonchev–Trinajstić information content (AvgIpc) is 2.47. The molecule has 0 saturated heterocycles. The normalized spacial score (nSPS) is 12.0. The van der Waals surface area contributed by atoms with Crippen LogP contribution in [-0.2, 0) is 14.3 Å². The summed E-state index contributed by atoms with van der Waals surface area (Å²) in [4.78, 5) is 25.5. The van der Waals surface area contributed by atoms with Gasteiger partial charge in [-0.1, -0.05) is 26.7 Å². The Morgan fingerprint density at radius 1 is 1.14 bits per heavy atom. The Hall–Kier alpha value is -0.750. The number of rotatable bonds is 12. The summed E-state index contributed by atoms with van der Waals surface area (Å²) in [5.41, 5.74) is 5.71. The first-order chi connectivity index (χ1) is 10.1. The second kappa shape index (κ2) is 13.0. The number of carbonyl (C=O) groups is 2. The van der Waals surface area contributed by atoms with Gasteiger partial charge in [0.1, 0.15) is 6.04 Å². The average molecular weight is 318 g/mol. The molecule has 0 aliphatic carbocycles. The molecule has 5 nitrogen and oxygen atoms in total. The van der Waals surface area contributed by atoms with Crippen molar-refractivity contribution in [3.63, 3.8) is 0 Å². The summed E-state index contributed by atoms with van der Waals surface area (Å²) in [6.07, 6.45) is 4.22. The highest BCUT2D eigenvalue weighted by molar-refractivity contribution is 8.00. The summed E-state index contributed by atoms with van der Waals surface area (Å²) in [7, 11) is 0. The molecule has 0 aromatic carbocycles. The van der Waals surface area contributed by atoms with E-state index in [1.54, 1.807) is 6.92 Å². The standard InChI is InChI=1S/C15H30N2O3S/c1-4-7-9-17(10-8-5-2)14(18)12-21-11-13(16)15(19)20-6-3/h13H,4-12,16H2,1-3H3. The Kier molecular flexibility index (Phi) is 12.5. The van der Waals surface area contributed by atoms with Crippen LogP contribution >= 0.6 is 11.8 Å². The number of thioether (sulfide) groups is 1. The van der Waals surface area contributed by atoms with Crippen LogP contribution < -0.4 is 5.73 Å². The number of ether oxygens (including phenoxy) is 1. The van der Waals surface area contributed by atoms with Gasteiger partial charge >= 0.3 is 5.97 Å². The van der Waals surface area contributed by atoms with Crippen molar-refractivity contribution in [1.29, 1.82) is 0 Å². The largest absolute Gasteiger partial charge is 0.465 e. The lowest BCUT2D eigenvalue weighted by molar-refractivity contribution is -0.144. The summed E-state index contributed by atoms with van der Waals surface area (Å²) in [6, 6.07) is -0.650. The van der Waals surface area contributed by atoms with Gasteiger partial charge in [-0.15, -0.1) is 11.8 Å². The van der Waals surface area contributed by atoms with Crippen molar-refractivity contribution in [2.45, 2.75) is 52.5 Å². The van der Waals surface area contributed by atoms with Crippen molar-refractivity contribution >= 4 is 23.6 Å². The maximum Gasteiger partial charge on any atom is 0.323 e. The first-order valence-corrected chi connectivity index (χ1v) is 8.99. The molecule has 0 saturated carbocycles. The maximum atomic E-state index is 12.2. The predicted octanol–water partition coefficient (Wildman–Crippen LogP) is 2.04. The summed E-state index contributed by atoms with van der Waals surface area (Å²) >= 11 is 1.40. The van der Waals surface area contributed by atoms with Gasteiger partial charge in [-0.25, -0.2) is 0 Å². The van der Waals surface area contributed by atoms with Crippen LogP contribution in [0.3, 0.4) is 0 Å². The molecule has 0 rings (SSSR count). The summed E-state index contributed by atoms with van der Waals surface area (Å²) < 4.78 is 4.84. The van der Waals surface area contributed by atoms with E-state index in [9.17, 15) is 9.59 Å². The van der Waals surface area contributed by atoms with Crippen LogP contribution in [0.4, 0.5) is 0 Å². The fourth-order valence-electron chi connectivity index (χ4n) is 1.74. The molecule has 2 N–H and O–H groups in total. The van der Waals surface area contributed by atoms with E-state index in [2.05, 4.69) is 13.8 Å². The highest BCUT2D eigenvalue weighted by Gasteiger charge is 2.17. The number of hydrogen-bond acceptors (Lipinski definition) is 5. The molecule has 124 valence electrons. The zero-order chi connectivity index (χ0) is 16.1. The molecule has 1 amide bonds. The molecule has 1 unspecified atom stereocenters. The van der Waals surface area contributed by atoms with Gasteiger partial charge in [-0.05, 0) is 19.8 Å². The highest BCUT2D eigenvalue weighted by Crippen LogP contribution is 2.07. The van der Waals surface area contributed by atoms with Crippen molar-refractivity contribution in [1.82, 2.24) is 4.90 Å². The fraction of sp³-hybridized carbons (Fsp3) is 0.867. The lowest BCUT2D eigenvalue weighted by Gasteiger charge is -2.22. The molecule has 0 radical (unpaired) electrons. The number of unbranched alkanes of at least 4 members (excludes halogenated alkanes) is 2. The number of nitrogens with zero attached hydrogens (tertiary/aromatic N) is 1. The molecule has 0 aliphatic heterocycles. The molecule has 21 heavy (non-hydrogen) atoms. The van der Waals surface area contributed by atoms with Gasteiger partial charge in [0.25, 0.3) is 0 Å². The van der Waals surface area contributed by atoms with Crippen LogP contribution in [0.2, 0.25) is 0 Å². The highest BCUT2D eigenvalue weighted by atomic mass is 32.2. The number of carbonyl (C=O) groups excluding carboxylic acids is 2. The van der Waals surface area contributed by atoms with Gasteiger partial charge in [0.2, 0.25) is 5.91 Å². The minimum absolute atomic E-state index is 0.137. The molecular formula is C15H30N2O3S. The SMILES string of the molecule is CCCCN(CCCC)C(=O)CSCC(N)C(=O)OCC. The minimum Gasteiger partial charge on any atom is -0.465 e. The monoisotopic (exact) mass is 318 g/mol. The molecule has 0 spiro atoms. The molecular weight excluding hydrogens is 288 g/mol. The summed E-state index contributed by atoms with van der Waals surface area (Å²) in [6.45, 7) is 7.96. The van der Waals surface area contributed by atoms with Gasteiger partial charge in [-0.3, -0.25) is 9.59 Å². The van der Waals surface area contributed by atoms with Crippen molar-refractivity contribution < 1.29 is 14.3 Å². The first kappa shape index (κ1) is 20.2. The third-order valence-electron chi connectivity index (χ3n) is 3.03. The lowest BCUT2D eigenvalue weighted by atomic mass is 10.2. The zero-order valence-electron chi connectivity index (χ0n) is 13.6. The molecule has 6 heteroatoms. The van der Waals surface area contributed by atoms with E-state index in [0.717, 1.165) is 38.8 Å². The van der Waals surface area contributed by atoms with E-state index in [0.29, 0.717) is 18.1 Å². The maximum absolute atomic E-state index is 12.2. The van der Waals surface area contributed by atoms with Crippen LogP contribution in [0.25, 0.3) is 0 Å². The van der Waals surface area contributed by atoms with E-state index in [4.69, 9.17) is 10.5 Å². The molecule has 0 fully saturated rings. The summed E-state index contributed by atoms with van der Waals surface area (Å²) in [5, 5.41) is 0. The van der Waals surface area contributed by atoms with Gasteiger partial charge in [0.05, 0.1) is 12.4 Å². The summed E-state index contributed by atoms with van der Waals surface area (Å²) in [5.74, 6) is 0.532. The molecule has 0 heterocycles. The Bertz CT molecular complexity index is 293. The topological polar surface area (TPSA) is 72.6 Å². The van der Waals surface area contributed by atoms with Crippen molar-refractivity contribution in [3.8, 4) is 0 Å². The number of nitrogens with two attached hydrogens (primary N) is 1. The van der Waals surface area contributed by atoms with Crippen LogP contribution in [0, 0.1) is 0 Å². The van der Waals surface area contributed by atoms with E-state index < -0.39 is 12.0 Å². The molecule has 0 aromatic heterocycles. The van der Waals surface area contributed by atoms with E-state index >= 15 is 0 Å². The lowest BCUT2D eigenvalue weighted by Crippen LogP contribution is -2.37. The third kappa shape index (κ3) is 9.74.